The van der Waals surface area contributed by atoms with Gasteiger partial charge in [0.2, 0.25) is 5.91 Å². The Morgan fingerprint density at radius 3 is 2.51 bits per heavy atom. The average molecular weight is 471 g/mol. The standard InChI is InChI=1S/C26H26N6O3/c27-25-23-24(18-9-13-21(14-10-18)35-20-4-2-1-3-5-20)30-32(26(23)29-16-28-25)19-11-6-17(7-12-19)8-15-22(33)31-34/h1-5,8-10,13-14,16,19,34H,6-7,11-12,15H2,(H,31,33)(H2,27,28,29). The van der Waals surface area contributed by atoms with Crippen LogP contribution in [0.5, 0.6) is 11.5 Å². The predicted octanol–water partition coefficient (Wildman–Crippen LogP) is 4.80. The molecule has 1 saturated carbocycles. The summed E-state index contributed by atoms with van der Waals surface area (Å²) in [6.45, 7) is 0. The van der Waals surface area contributed by atoms with Crippen molar-refractivity contribution in [2.75, 3.05) is 5.73 Å². The number of rotatable bonds is 6. The number of hydrogen-bond acceptors (Lipinski definition) is 7. The third-order valence-electron chi connectivity index (χ3n) is 6.27. The highest BCUT2D eigenvalue weighted by Crippen LogP contribution is 2.37. The minimum absolute atomic E-state index is 0.157. The van der Waals surface area contributed by atoms with Crippen molar-refractivity contribution < 1.29 is 14.7 Å². The number of nitrogen functional groups attached to an aromatic ring is 1. The Bertz CT molecular complexity index is 1360. The normalized spacial score (nSPS) is 15.7. The van der Waals surface area contributed by atoms with Gasteiger partial charge in [-0.05, 0) is 62.1 Å². The summed E-state index contributed by atoms with van der Waals surface area (Å²) >= 11 is 0. The van der Waals surface area contributed by atoms with Gasteiger partial charge in [0.15, 0.2) is 5.65 Å². The fourth-order valence-electron chi connectivity index (χ4n) is 4.46. The highest BCUT2D eigenvalue weighted by molar-refractivity contribution is 5.98. The summed E-state index contributed by atoms with van der Waals surface area (Å²) in [5.74, 6) is 1.49. The number of fused-ring (bicyclic) bond motifs is 1. The van der Waals surface area contributed by atoms with E-state index >= 15 is 0 Å². The highest BCUT2D eigenvalue weighted by atomic mass is 16.5. The van der Waals surface area contributed by atoms with E-state index in [9.17, 15) is 4.79 Å². The van der Waals surface area contributed by atoms with E-state index in [2.05, 4.69) is 9.97 Å². The zero-order valence-electron chi connectivity index (χ0n) is 19.1. The summed E-state index contributed by atoms with van der Waals surface area (Å²) in [5.41, 5.74) is 11.5. The van der Waals surface area contributed by atoms with Crippen molar-refractivity contribution in [1.29, 1.82) is 0 Å². The number of ether oxygens (including phenoxy) is 1. The van der Waals surface area contributed by atoms with E-state index in [1.54, 1.807) is 5.48 Å². The molecule has 2 aromatic carbocycles. The Hall–Kier alpha value is -4.24. The Labute approximate surface area is 202 Å². The largest absolute Gasteiger partial charge is 0.457 e. The summed E-state index contributed by atoms with van der Waals surface area (Å²) in [6, 6.07) is 17.5. The van der Waals surface area contributed by atoms with Gasteiger partial charge < -0.3 is 10.5 Å². The van der Waals surface area contributed by atoms with Crippen LogP contribution in [0.3, 0.4) is 0 Å². The molecule has 0 bridgehead atoms. The molecule has 0 radical (unpaired) electrons. The van der Waals surface area contributed by atoms with E-state index in [-0.39, 0.29) is 12.5 Å². The van der Waals surface area contributed by atoms with Crippen molar-refractivity contribution in [2.24, 2.45) is 0 Å². The molecule has 9 heteroatoms. The van der Waals surface area contributed by atoms with Gasteiger partial charge in [0, 0.05) is 12.0 Å². The lowest BCUT2D eigenvalue weighted by molar-refractivity contribution is -0.128. The SMILES string of the molecule is Nc1ncnc2c1c(-c1ccc(Oc3ccccc3)cc1)nn2C1CCC(=CCC(=O)NO)CC1. The maximum atomic E-state index is 11.3. The first-order valence-corrected chi connectivity index (χ1v) is 11.5. The molecule has 1 aliphatic rings. The van der Waals surface area contributed by atoms with E-state index in [4.69, 9.17) is 20.8 Å². The molecule has 0 atom stereocenters. The fourth-order valence-corrected chi connectivity index (χ4v) is 4.46. The molecule has 4 aromatic rings. The molecule has 0 spiro atoms. The maximum absolute atomic E-state index is 11.3. The monoisotopic (exact) mass is 470 g/mol. The van der Waals surface area contributed by atoms with Gasteiger partial charge in [0.05, 0.1) is 11.4 Å². The van der Waals surface area contributed by atoms with Crippen LogP contribution >= 0.6 is 0 Å². The van der Waals surface area contributed by atoms with Crippen LogP contribution in [0, 0.1) is 0 Å². The average Bonchev–Trinajstić information content (AvgIpc) is 3.29. The minimum atomic E-state index is -0.408. The van der Waals surface area contributed by atoms with Crippen molar-refractivity contribution in [3.05, 3.63) is 72.6 Å². The van der Waals surface area contributed by atoms with Crippen LogP contribution < -0.4 is 16.0 Å². The predicted molar refractivity (Wildman–Crippen MR) is 132 cm³/mol. The van der Waals surface area contributed by atoms with E-state index < -0.39 is 5.91 Å². The first-order chi connectivity index (χ1) is 17.1. The number of allylic oxidation sites excluding steroid dienone is 1. The smallest absolute Gasteiger partial charge is 0.247 e. The second-order valence-electron chi connectivity index (χ2n) is 8.52. The molecule has 0 unspecified atom stereocenters. The van der Waals surface area contributed by atoms with Gasteiger partial charge in [-0.2, -0.15) is 5.10 Å². The summed E-state index contributed by atoms with van der Waals surface area (Å²) in [7, 11) is 0. The van der Waals surface area contributed by atoms with Crippen molar-refractivity contribution >= 4 is 22.8 Å². The van der Waals surface area contributed by atoms with Crippen molar-refractivity contribution in [3.63, 3.8) is 0 Å². The van der Waals surface area contributed by atoms with E-state index in [0.717, 1.165) is 53.8 Å². The molecular weight excluding hydrogens is 444 g/mol. The van der Waals surface area contributed by atoms with Crippen molar-refractivity contribution in [3.8, 4) is 22.8 Å². The summed E-state index contributed by atoms with van der Waals surface area (Å²) in [5, 5.41) is 14.4. The van der Waals surface area contributed by atoms with E-state index in [1.165, 1.54) is 11.9 Å². The number of amides is 1. The van der Waals surface area contributed by atoms with E-state index in [1.807, 2.05) is 65.4 Å². The number of nitrogens with two attached hydrogens (primary N) is 1. The molecular formula is C26H26N6O3. The zero-order valence-corrected chi connectivity index (χ0v) is 19.1. The molecule has 178 valence electrons. The molecule has 2 heterocycles. The van der Waals surface area contributed by atoms with Crippen LogP contribution in [0.1, 0.15) is 38.1 Å². The number of aromatic nitrogens is 4. The van der Waals surface area contributed by atoms with Crippen LogP contribution in [0.4, 0.5) is 5.82 Å². The fraction of sp³-hybridized carbons (Fsp3) is 0.231. The lowest BCUT2D eigenvalue weighted by Gasteiger charge is -2.24. The van der Waals surface area contributed by atoms with Gasteiger partial charge in [0.1, 0.15) is 29.3 Å². The molecule has 0 saturated heterocycles. The number of nitrogens with zero attached hydrogens (tertiary/aromatic N) is 4. The van der Waals surface area contributed by atoms with Crippen LogP contribution in [0.15, 0.2) is 72.6 Å². The van der Waals surface area contributed by atoms with Gasteiger partial charge in [-0.25, -0.2) is 20.1 Å². The molecule has 35 heavy (non-hydrogen) atoms. The number of nitrogens with one attached hydrogen (secondary N) is 1. The lowest BCUT2D eigenvalue weighted by atomic mass is 9.90. The van der Waals surface area contributed by atoms with Gasteiger partial charge >= 0.3 is 0 Å². The van der Waals surface area contributed by atoms with Gasteiger partial charge in [0.25, 0.3) is 0 Å². The highest BCUT2D eigenvalue weighted by Gasteiger charge is 2.25. The molecule has 4 N–H and O–H groups in total. The lowest BCUT2D eigenvalue weighted by Crippen LogP contribution is -2.18. The summed E-state index contributed by atoms with van der Waals surface area (Å²) in [6.07, 6.45) is 7.00. The number of hydrogen-bond donors (Lipinski definition) is 3. The zero-order chi connectivity index (χ0) is 24.2. The van der Waals surface area contributed by atoms with E-state index in [0.29, 0.717) is 11.5 Å². The third kappa shape index (κ3) is 4.85. The second-order valence-corrected chi connectivity index (χ2v) is 8.52. The minimum Gasteiger partial charge on any atom is -0.457 e. The van der Waals surface area contributed by atoms with Gasteiger partial charge in [-0.3, -0.25) is 10.0 Å². The first-order valence-electron chi connectivity index (χ1n) is 11.5. The molecule has 5 rings (SSSR count). The Kier molecular flexibility index (Phi) is 6.40. The Morgan fingerprint density at radius 2 is 1.80 bits per heavy atom. The van der Waals surface area contributed by atoms with Crippen LogP contribution in [-0.4, -0.2) is 30.9 Å². The number of carbonyl (C=O) groups is 1. The number of hydroxylamine groups is 1. The summed E-state index contributed by atoms with van der Waals surface area (Å²) in [4.78, 5) is 20.0. The molecule has 2 aromatic heterocycles. The quantitative estimate of drug-likeness (QED) is 0.210. The van der Waals surface area contributed by atoms with Gasteiger partial charge in [-0.15, -0.1) is 0 Å². The Morgan fingerprint density at radius 1 is 1.09 bits per heavy atom. The van der Waals surface area contributed by atoms with Crippen LogP contribution in [-0.2, 0) is 4.79 Å². The van der Waals surface area contributed by atoms with Crippen LogP contribution in [0.2, 0.25) is 0 Å². The first kappa shape index (κ1) is 22.5. The molecule has 1 amide bonds. The number of para-hydroxylation sites is 1. The number of anilines is 1. The number of carbonyl (C=O) groups excluding carboxylic acids is 1. The van der Waals surface area contributed by atoms with Crippen LogP contribution in [0.25, 0.3) is 22.3 Å². The third-order valence-corrected chi connectivity index (χ3v) is 6.27. The van der Waals surface area contributed by atoms with Crippen molar-refractivity contribution in [2.45, 2.75) is 38.1 Å². The molecule has 1 fully saturated rings. The molecule has 1 aliphatic carbocycles. The molecule has 0 aliphatic heterocycles. The maximum Gasteiger partial charge on any atom is 0.247 e. The molecule has 9 nitrogen and oxygen atoms in total. The van der Waals surface area contributed by atoms with Crippen molar-refractivity contribution in [1.82, 2.24) is 25.2 Å². The summed E-state index contributed by atoms with van der Waals surface area (Å²) < 4.78 is 7.88. The van der Waals surface area contributed by atoms with Gasteiger partial charge in [-0.1, -0.05) is 29.8 Å². The Balaban J connectivity index is 1.40. The topological polar surface area (TPSA) is 128 Å². The second kappa shape index (κ2) is 9.94. The number of benzene rings is 2.